The summed E-state index contributed by atoms with van der Waals surface area (Å²) < 4.78 is 49.9. The second kappa shape index (κ2) is 9.29. The lowest BCUT2D eigenvalue weighted by Gasteiger charge is -2.44. The van der Waals surface area contributed by atoms with Gasteiger partial charge < -0.3 is 14.6 Å². The Morgan fingerprint density at radius 1 is 1.25 bits per heavy atom. The van der Waals surface area contributed by atoms with Crippen LogP contribution in [0.4, 0.5) is 10.1 Å². The number of nitrogens with one attached hydrogen (secondary N) is 2. The summed E-state index contributed by atoms with van der Waals surface area (Å²) >= 11 is 6.26. The zero-order chi connectivity index (χ0) is 25.8. The highest BCUT2D eigenvalue weighted by Gasteiger charge is 2.46. The van der Waals surface area contributed by atoms with Gasteiger partial charge in [-0.1, -0.05) is 24.6 Å². The molecule has 2 aliphatic heterocycles. The number of nitrogens with zero attached hydrogens (tertiary/aromatic N) is 3. The number of hydrogen-bond acceptors (Lipinski definition) is 7. The van der Waals surface area contributed by atoms with E-state index in [1.165, 1.54) is 22.5 Å². The lowest BCUT2D eigenvalue weighted by Crippen LogP contribution is -2.53. The standard InChI is InChI=1S/C24H27ClFN5O4S/c1-13-4-6-18(26)21(14(13)2)15(3)22(23-28-29-24(32)35-23)31-12-30(17-8-9-27-11-17)19-10-16(25)5-7-20(19)36(31,33)34/h4-7,10,15,17,22,27H,8-9,11-12H2,1-3H3,(H,29,32)/t15-,17+,22+/m1/s1. The molecule has 2 N–H and O–H groups in total. The largest absolute Gasteiger partial charge is 0.434 e. The van der Waals surface area contributed by atoms with E-state index >= 15 is 4.39 Å². The van der Waals surface area contributed by atoms with Gasteiger partial charge in [0.05, 0.1) is 12.4 Å². The summed E-state index contributed by atoms with van der Waals surface area (Å²) in [7, 11) is -4.11. The van der Waals surface area contributed by atoms with Crippen molar-refractivity contribution >= 4 is 27.3 Å². The van der Waals surface area contributed by atoms with Crippen LogP contribution in [0.1, 0.15) is 47.9 Å². The minimum absolute atomic E-state index is 0.0137. The van der Waals surface area contributed by atoms with Crippen molar-refractivity contribution in [2.75, 3.05) is 24.7 Å². The van der Waals surface area contributed by atoms with Gasteiger partial charge in [0.25, 0.3) is 0 Å². The van der Waals surface area contributed by atoms with Gasteiger partial charge in [0.1, 0.15) is 16.8 Å². The van der Waals surface area contributed by atoms with Gasteiger partial charge in [0, 0.05) is 23.5 Å². The lowest BCUT2D eigenvalue weighted by atomic mass is 9.87. The van der Waals surface area contributed by atoms with Crippen LogP contribution in [0.5, 0.6) is 0 Å². The number of sulfonamides is 1. The minimum Gasteiger partial charge on any atom is -0.391 e. The third-order valence-corrected chi connectivity index (χ3v) is 9.36. The molecule has 1 saturated heterocycles. The maximum Gasteiger partial charge on any atom is 0.434 e. The molecule has 1 fully saturated rings. The normalized spacial score (nSPS) is 21.4. The molecule has 0 unspecified atom stereocenters. The van der Waals surface area contributed by atoms with Gasteiger partial charge in [-0.2, -0.15) is 4.31 Å². The fourth-order valence-electron chi connectivity index (χ4n) is 5.29. The average molecular weight is 536 g/mol. The summed E-state index contributed by atoms with van der Waals surface area (Å²) in [4.78, 5) is 14.0. The highest BCUT2D eigenvalue weighted by molar-refractivity contribution is 7.89. The minimum atomic E-state index is -4.11. The average Bonchev–Trinajstić information content (AvgIpc) is 3.50. The fraction of sp³-hybridized carbons (Fsp3) is 0.417. The van der Waals surface area contributed by atoms with Crippen LogP contribution in [-0.4, -0.2) is 48.7 Å². The molecule has 0 radical (unpaired) electrons. The topological polar surface area (TPSA) is 112 Å². The highest BCUT2D eigenvalue weighted by Crippen LogP contribution is 2.45. The molecule has 3 aromatic rings. The Balaban J connectivity index is 1.70. The van der Waals surface area contributed by atoms with E-state index < -0.39 is 33.6 Å². The summed E-state index contributed by atoms with van der Waals surface area (Å²) in [5.41, 5.74) is 2.42. The van der Waals surface area contributed by atoms with Gasteiger partial charge in [0.2, 0.25) is 15.9 Å². The fourth-order valence-corrected chi connectivity index (χ4v) is 7.24. The number of fused-ring (bicyclic) bond motifs is 1. The number of H-pyrrole nitrogens is 1. The van der Waals surface area contributed by atoms with Crippen LogP contribution in [-0.2, 0) is 10.0 Å². The SMILES string of the molecule is Cc1ccc(F)c([C@@H](C)[C@@H](c2n[nH]c(=O)o2)N2CN([C@H]3CCNC3)c3cc(Cl)ccc3S2(=O)=O)c1C. The lowest BCUT2D eigenvalue weighted by molar-refractivity contribution is 0.230. The smallest absolute Gasteiger partial charge is 0.391 e. The molecule has 192 valence electrons. The highest BCUT2D eigenvalue weighted by atomic mass is 35.5. The number of aryl methyl sites for hydroxylation is 1. The molecule has 2 aromatic carbocycles. The number of halogens is 2. The Hall–Kier alpha value is -2.73. The third kappa shape index (κ3) is 4.13. The van der Waals surface area contributed by atoms with Crippen LogP contribution in [0, 0.1) is 19.7 Å². The van der Waals surface area contributed by atoms with Crippen LogP contribution in [0.15, 0.2) is 44.4 Å². The number of aromatic amines is 1. The monoisotopic (exact) mass is 535 g/mol. The molecule has 3 atom stereocenters. The second-order valence-electron chi connectivity index (χ2n) is 9.35. The van der Waals surface area contributed by atoms with Crippen LogP contribution in [0.3, 0.4) is 0 Å². The van der Waals surface area contributed by atoms with Crippen molar-refractivity contribution in [2.45, 2.75) is 50.1 Å². The van der Waals surface area contributed by atoms with Crippen LogP contribution >= 0.6 is 11.6 Å². The molecule has 5 rings (SSSR count). The van der Waals surface area contributed by atoms with Crippen molar-refractivity contribution < 1.29 is 17.2 Å². The van der Waals surface area contributed by atoms with Crippen molar-refractivity contribution in [3.63, 3.8) is 0 Å². The summed E-state index contributed by atoms with van der Waals surface area (Å²) in [5.74, 6) is -2.14. The Morgan fingerprint density at radius 2 is 2.03 bits per heavy atom. The molecule has 2 aliphatic rings. The first-order chi connectivity index (χ1) is 17.1. The Bertz CT molecular complexity index is 1470. The van der Waals surface area contributed by atoms with E-state index in [0.29, 0.717) is 28.4 Å². The molecular weight excluding hydrogens is 509 g/mol. The van der Waals surface area contributed by atoms with Crippen LogP contribution < -0.4 is 16.0 Å². The predicted molar refractivity (Wildman–Crippen MR) is 133 cm³/mol. The van der Waals surface area contributed by atoms with Gasteiger partial charge in [-0.25, -0.2) is 22.7 Å². The van der Waals surface area contributed by atoms with E-state index in [1.54, 1.807) is 26.0 Å². The molecular formula is C24H27ClFN5O4S. The molecule has 9 nitrogen and oxygen atoms in total. The Labute approximate surface area is 213 Å². The summed E-state index contributed by atoms with van der Waals surface area (Å²) in [6.45, 7) is 6.80. The van der Waals surface area contributed by atoms with Gasteiger partial charge >= 0.3 is 5.76 Å². The first-order valence-corrected chi connectivity index (χ1v) is 13.5. The van der Waals surface area contributed by atoms with Crippen molar-refractivity contribution in [3.05, 3.63) is 74.3 Å². The van der Waals surface area contributed by atoms with Gasteiger partial charge in [0.15, 0.2) is 0 Å². The molecule has 36 heavy (non-hydrogen) atoms. The number of rotatable bonds is 5. The first-order valence-electron chi connectivity index (χ1n) is 11.7. The van der Waals surface area contributed by atoms with E-state index in [4.69, 9.17) is 16.0 Å². The van der Waals surface area contributed by atoms with E-state index in [1.807, 2.05) is 11.8 Å². The molecule has 0 spiro atoms. The summed E-state index contributed by atoms with van der Waals surface area (Å²) in [6, 6.07) is 6.63. The van der Waals surface area contributed by atoms with Crippen molar-refractivity contribution in [3.8, 4) is 0 Å². The number of hydrogen-bond donors (Lipinski definition) is 2. The number of benzene rings is 2. The maximum atomic E-state index is 15.2. The van der Waals surface area contributed by atoms with Crippen LogP contribution in [0.2, 0.25) is 5.02 Å². The van der Waals surface area contributed by atoms with Crippen molar-refractivity contribution in [1.29, 1.82) is 0 Å². The first kappa shape index (κ1) is 24.9. The van der Waals surface area contributed by atoms with Crippen molar-refractivity contribution in [1.82, 2.24) is 19.8 Å². The molecule has 0 saturated carbocycles. The van der Waals surface area contributed by atoms with Gasteiger partial charge in [-0.05, 0) is 67.8 Å². The molecule has 0 amide bonds. The predicted octanol–water partition coefficient (Wildman–Crippen LogP) is 3.45. The molecule has 3 heterocycles. The van der Waals surface area contributed by atoms with E-state index in [-0.39, 0.29) is 23.5 Å². The number of aromatic nitrogens is 2. The molecule has 12 heteroatoms. The van der Waals surface area contributed by atoms with Crippen molar-refractivity contribution in [2.24, 2.45) is 0 Å². The Kier molecular flexibility index (Phi) is 6.44. The van der Waals surface area contributed by atoms with E-state index in [2.05, 4.69) is 15.5 Å². The number of anilines is 1. The zero-order valence-electron chi connectivity index (χ0n) is 20.1. The Morgan fingerprint density at radius 3 is 2.69 bits per heavy atom. The third-order valence-electron chi connectivity index (χ3n) is 7.26. The van der Waals surface area contributed by atoms with E-state index in [0.717, 1.165) is 18.5 Å². The molecule has 0 bridgehead atoms. The summed E-state index contributed by atoms with van der Waals surface area (Å²) in [5, 5.41) is 9.96. The van der Waals surface area contributed by atoms with Gasteiger partial charge in [-0.15, -0.1) is 5.10 Å². The zero-order valence-corrected chi connectivity index (χ0v) is 21.7. The quantitative estimate of drug-likeness (QED) is 0.514. The van der Waals surface area contributed by atoms with Gasteiger partial charge in [-0.3, -0.25) is 0 Å². The maximum absolute atomic E-state index is 15.2. The van der Waals surface area contributed by atoms with Crippen LogP contribution in [0.25, 0.3) is 0 Å². The van der Waals surface area contributed by atoms with E-state index in [9.17, 15) is 13.2 Å². The summed E-state index contributed by atoms with van der Waals surface area (Å²) in [6.07, 6.45) is 0.809. The molecule has 1 aromatic heterocycles. The molecule has 0 aliphatic carbocycles. The second-order valence-corrected chi connectivity index (χ2v) is 11.6.